The minimum absolute atomic E-state index is 0.631. The van der Waals surface area contributed by atoms with Gasteiger partial charge in [-0.05, 0) is 49.4 Å². The van der Waals surface area contributed by atoms with Crippen LogP contribution in [0.25, 0.3) is 0 Å². The second-order valence-corrected chi connectivity index (χ2v) is 4.00. The number of aryl methyl sites for hydroxylation is 2. The van der Waals surface area contributed by atoms with Gasteiger partial charge in [0.1, 0.15) is 0 Å². The molecule has 0 aliphatic rings. The van der Waals surface area contributed by atoms with Crippen molar-refractivity contribution in [3.63, 3.8) is 0 Å². The highest BCUT2D eigenvalue weighted by Gasteiger charge is 2.08. The molecule has 0 heterocycles. The summed E-state index contributed by atoms with van der Waals surface area (Å²) in [6, 6.07) is 6.19. The number of nitriles is 1. The van der Waals surface area contributed by atoms with Crippen LogP contribution in [0.1, 0.15) is 30.4 Å². The van der Waals surface area contributed by atoms with E-state index in [-0.39, 0.29) is 0 Å². The molecule has 0 aliphatic carbocycles. The van der Waals surface area contributed by atoms with Crippen molar-refractivity contribution in [1.29, 1.82) is 5.26 Å². The maximum atomic E-state index is 8.48. The number of hydrogen-bond donors (Lipinski definition) is 0. The van der Waals surface area contributed by atoms with Gasteiger partial charge in [0.15, 0.2) is 11.5 Å². The Morgan fingerprint density at radius 2 is 1.76 bits per heavy atom. The van der Waals surface area contributed by atoms with Crippen molar-refractivity contribution in [2.45, 2.75) is 32.6 Å². The van der Waals surface area contributed by atoms with Crippen LogP contribution in [0.15, 0.2) is 12.1 Å². The highest BCUT2D eigenvalue weighted by Crippen LogP contribution is 2.30. The lowest BCUT2D eigenvalue weighted by Crippen LogP contribution is -1.96. The van der Waals surface area contributed by atoms with Gasteiger partial charge in [0.2, 0.25) is 0 Å². The third-order valence-electron chi connectivity index (χ3n) is 2.83. The molecular formula is C14H19NO2. The molecule has 0 saturated carbocycles. The summed E-state index contributed by atoms with van der Waals surface area (Å²) < 4.78 is 10.5. The average Bonchev–Trinajstić information content (AvgIpc) is 2.35. The lowest BCUT2D eigenvalue weighted by atomic mass is 10.0. The van der Waals surface area contributed by atoms with Gasteiger partial charge in [0, 0.05) is 6.42 Å². The fraction of sp³-hybridized carbons (Fsp3) is 0.500. The van der Waals surface area contributed by atoms with E-state index in [0.717, 1.165) is 30.8 Å². The van der Waals surface area contributed by atoms with Crippen LogP contribution in [-0.4, -0.2) is 14.2 Å². The Kier molecular flexibility index (Phi) is 5.35. The van der Waals surface area contributed by atoms with Crippen molar-refractivity contribution in [1.82, 2.24) is 0 Å². The molecule has 0 aliphatic heterocycles. The first-order valence-corrected chi connectivity index (χ1v) is 5.81. The van der Waals surface area contributed by atoms with Gasteiger partial charge in [-0.3, -0.25) is 0 Å². The Balaban J connectivity index is 2.75. The molecule has 0 amide bonds. The van der Waals surface area contributed by atoms with Crippen molar-refractivity contribution < 1.29 is 9.47 Å². The normalized spacial score (nSPS) is 9.76. The molecule has 17 heavy (non-hydrogen) atoms. The van der Waals surface area contributed by atoms with Gasteiger partial charge in [-0.2, -0.15) is 5.26 Å². The monoisotopic (exact) mass is 233 g/mol. The molecule has 92 valence electrons. The maximum absolute atomic E-state index is 8.48. The number of hydrogen-bond acceptors (Lipinski definition) is 3. The Morgan fingerprint density at radius 1 is 1.12 bits per heavy atom. The summed E-state index contributed by atoms with van der Waals surface area (Å²) in [5.41, 5.74) is 2.47. The van der Waals surface area contributed by atoms with E-state index in [4.69, 9.17) is 14.7 Å². The summed E-state index contributed by atoms with van der Waals surface area (Å²) in [5.74, 6) is 1.54. The number of rotatable bonds is 6. The van der Waals surface area contributed by atoms with Crippen LogP contribution in [0.5, 0.6) is 11.5 Å². The van der Waals surface area contributed by atoms with Crippen LogP contribution in [-0.2, 0) is 6.42 Å². The first-order valence-electron chi connectivity index (χ1n) is 5.81. The number of methoxy groups -OCH3 is 2. The van der Waals surface area contributed by atoms with Crippen LogP contribution in [0.3, 0.4) is 0 Å². The summed E-state index contributed by atoms with van der Waals surface area (Å²) in [6.07, 6.45) is 3.59. The van der Waals surface area contributed by atoms with E-state index >= 15 is 0 Å². The number of nitrogens with zero attached hydrogens (tertiary/aromatic N) is 1. The van der Waals surface area contributed by atoms with E-state index in [0.29, 0.717) is 6.42 Å². The zero-order valence-corrected chi connectivity index (χ0v) is 10.7. The summed E-state index contributed by atoms with van der Waals surface area (Å²) in [7, 11) is 3.29. The fourth-order valence-electron chi connectivity index (χ4n) is 1.81. The number of unbranched alkanes of at least 4 members (excludes halogenated alkanes) is 2. The molecule has 1 aromatic carbocycles. The predicted octanol–water partition coefficient (Wildman–Crippen LogP) is 3.25. The van der Waals surface area contributed by atoms with E-state index in [1.54, 1.807) is 14.2 Å². The Bertz CT molecular complexity index is 407. The zero-order chi connectivity index (χ0) is 12.7. The van der Waals surface area contributed by atoms with Crippen LogP contribution in [0.2, 0.25) is 0 Å². The zero-order valence-electron chi connectivity index (χ0n) is 10.7. The second kappa shape index (κ2) is 6.80. The molecule has 0 radical (unpaired) electrons. The van der Waals surface area contributed by atoms with Gasteiger partial charge < -0.3 is 9.47 Å². The van der Waals surface area contributed by atoms with E-state index in [2.05, 4.69) is 13.0 Å². The van der Waals surface area contributed by atoms with Crippen molar-refractivity contribution in [2.24, 2.45) is 0 Å². The van der Waals surface area contributed by atoms with E-state index < -0.39 is 0 Å². The average molecular weight is 233 g/mol. The lowest BCUT2D eigenvalue weighted by molar-refractivity contribution is 0.354. The highest BCUT2D eigenvalue weighted by atomic mass is 16.5. The molecule has 0 bridgehead atoms. The van der Waals surface area contributed by atoms with E-state index in [1.165, 1.54) is 11.1 Å². The fourth-order valence-corrected chi connectivity index (χ4v) is 1.81. The smallest absolute Gasteiger partial charge is 0.161 e. The Morgan fingerprint density at radius 3 is 2.35 bits per heavy atom. The summed E-state index contributed by atoms with van der Waals surface area (Å²) in [5, 5.41) is 8.48. The quantitative estimate of drug-likeness (QED) is 0.708. The molecule has 3 heteroatoms. The lowest BCUT2D eigenvalue weighted by Gasteiger charge is -2.12. The van der Waals surface area contributed by atoms with E-state index in [9.17, 15) is 0 Å². The number of ether oxygens (including phenoxy) is 2. The summed E-state index contributed by atoms with van der Waals surface area (Å²) >= 11 is 0. The Hall–Kier alpha value is -1.69. The highest BCUT2D eigenvalue weighted by molar-refractivity contribution is 5.47. The minimum Gasteiger partial charge on any atom is -0.493 e. The van der Waals surface area contributed by atoms with Crippen molar-refractivity contribution in [3.05, 3.63) is 23.3 Å². The van der Waals surface area contributed by atoms with Gasteiger partial charge in [-0.15, -0.1) is 0 Å². The molecule has 1 rings (SSSR count). The Labute approximate surface area is 103 Å². The first-order chi connectivity index (χ1) is 8.22. The van der Waals surface area contributed by atoms with Crippen molar-refractivity contribution >= 4 is 0 Å². The molecule has 0 N–H and O–H groups in total. The summed E-state index contributed by atoms with van der Waals surface area (Å²) in [6.45, 7) is 2.07. The van der Waals surface area contributed by atoms with Gasteiger partial charge >= 0.3 is 0 Å². The van der Waals surface area contributed by atoms with Crippen molar-refractivity contribution in [3.8, 4) is 17.6 Å². The van der Waals surface area contributed by atoms with Crippen molar-refractivity contribution in [2.75, 3.05) is 14.2 Å². The van der Waals surface area contributed by atoms with Gasteiger partial charge in [0.25, 0.3) is 0 Å². The second-order valence-electron chi connectivity index (χ2n) is 4.00. The molecule has 0 unspecified atom stereocenters. The maximum Gasteiger partial charge on any atom is 0.161 e. The predicted molar refractivity (Wildman–Crippen MR) is 67.5 cm³/mol. The first kappa shape index (κ1) is 13.4. The molecule has 0 atom stereocenters. The SMILES string of the molecule is COc1cc(C)c(CCCCC#N)cc1OC. The van der Waals surface area contributed by atoms with Gasteiger partial charge in [-0.25, -0.2) is 0 Å². The third kappa shape index (κ3) is 3.67. The molecule has 3 nitrogen and oxygen atoms in total. The van der Waals surface area contributed by atoms with Crippen LogP contribution >= 0.6 is 0 Å². The molecule has 0 saturated heterocycles. The largest absolute Gasteiger partial charge is 0.493 e. The van der Waals surface area contributed by atoms with Crippen LogP contribution < -0.4 is 9.47 Å². The van der Waals surface area contributed by atoms with Crippen LogP contribution in [0, 0.1) is 18.3 Å². The standard InChI is InChI=1S/C14H19NO2/c1-11-9-13(16-2)14(17-3)10-12(11)7-5-4-6-8-15/h9-10H,4-7H2,1-3H3. The molecular weight excluding hydrogens is 214 g/mol. The molecule has 0 aromatic heterocycles. The van der Waals surface area contributed by atoms with Crippen LogP contribution in [0.4, 0.5) is 0 Å². The minimum atomic E-state index is 0.631. The topological polar surface area (TPSA) is 42.2 Å². The molecule has 0 fully saturated rings. The number of benzene rings is 1. The third-order valence-corrected chi connectivity index (χ3v) is 2.83. The molecule has 0 spiro atoms. The van der Waals surface area contributed by atoms with Gasteiger partial charge in [-0.1, -0.05) is 0 Å². The van der Waals surface area contributed by atoms with E-state index in [1.807, 2.05) is 12.1 Å². The van der Waals surface area contributed by atoms with Gasteiger partial charge in [0.05, 0.1) is 20.3 Å². The molecule has 1 aromatic rings. The summed E-state index contributed by atoms with van der Waals surface area (Å²) in [4.78, 5) is 0.